The molecule has 0 amide bonds. The van der Waals surface area contributed by atoms with Gasteiger partial charge in [-0.1, -0.05) is 64.5 Å². The lowest BCUT2D eigenvalue weighted by Gasteiger charge is -2.32. The summed E-state index contributed by atoms with van der Waals surface area (Å²) in [5.74, 6) is 0.895. The molecule has 2 aromatic rings. The smallest absolute Gasteiger partial charge is 0.118 e. The molecular weight excluding hydrogens is 434 g/mol. The van der Waals surface area contributed by atoms with Gasteiger partial charge in [-0.15, -0.1) is 0 Å². The lowest BCUT2D eigenvalue weighted by atomic mass is 9.96. The van der Waals surface area contributed by atoms with E-state index in [9.17, 15) is 0 Å². The fraction of sp³-hybridized carbons (Fsp3) is 0.250. The van der Waals surface area contributed by atoms with Gasteiger partial charge in [0.05, 0.1) is 7.11 Å². The molecule has 28 heavy (non-hydrogen) atoms. The SMILES string of the molecule is C=C(Cc1ccc2c(c1)CCCN2Cc1ccc(OC)cc1)/C(Cl)=C\C=C\Br. The average molecular weight is 459 g/mol. The van der Waals surface area contributed by atoms with Crippen LogP contribution in [0.1, 0.15) is 23.1 Å². The van der Waals surface area contributed by atoms with Crippen molar-refractivity contribution in [2.75, 3.05) is 18.6 Å². The minimum Gasteiger partial charge on any atom is -0.497 e. The second-order valence-corrected chi connectivity index (χ2v) is 7.89. The Balaban J connectivity index is 1.73. The summed E-state index contributed by atoms with van der Waals surface area (Å²) in [6.45, 7) is 6.12. The fourth-order valence-electron chi connectivity index (χ4n) is 3.52. The molecule has 0 N–H and O–H groups in total. The molecule has 0 spiro atoms. The number of rotatable bonds is 7. The largest absolute Gasteiger partial charge is 0.497 e. The first-order valence-corrected chi connectivity index (χ1v) is 10.7. The predicted octanol–water partition coefficient (Wildman–Crippen LogP) is 6.78. The Hall–Kier alpha value is -1.97. The highest BCUT2D eigenvalue weighted by atomic mass is 79.9. The van der Waals surface area contributed by atoms with Gasteiger partial charge in [0.1, 0.15) is 5.75 Å². The van der Waals surface area contributed by atoms with Crippen LogP contribution in [0.2, 0.25) is 0 Å². The summed E-state index contributed by atoms with van der Waals surface area (Å²) in [5, 5.41) is 0.689. The van der Waals surface area contributed by atoms with Crippen LogP contribution in [-0.2, 0) is 19.4 Å². The first kappa shape index (κ1) is 20.8. The summed E-state index contributed by atoms with van der Waals surface area (Å²) in [6, 6.07) is 15.1. The van der Waals surface area contributed by atoms with Crippen molar-refractivity contribution in [1.29, 1.82) is 0 Å². The van der Waals surface area contributed by atoms with E-state index in [-0.39, 0.29) is 0 Å². The van der Waals surface area contributed by atoms with Crippen molar-refractivity contribution in [3.63, 3.8) is 0 Å². The van der Waals surface area contributed by atoms with Crippen LogP contribution in [-0.4, -0.2) is 13.7 Å². The van der Waals surface area contributed by atoms with Gasteiger partial charge in [-0.05, 0) is 70.8 Å². The number of anilines is 1. The van der Waals surface area contributed by atoms with Gasteiger partial charge < -0.3 is 9.64 Å². The molecule has 0 aromatic heterocycles. The molecule has 1 heterocycles. The topological polar surface area (TPSA) is 12.5 Å². The van der Waals surface area contributed by atoms with Crippen LogP contribution in [0.4, 0.5) is 5.69 Å². The van der Waals surface area contributed by atoms with E-state index in [2.05, 4.69) is 57.7 Å². The summed E-state index contributed by atoms with van der Waals surface area (Å²) < 4.78 is 5.26. The molecule has 146 valence electrons. The van der Waals surface area contributed by atoms with Crippen molar-refractivity contribution in [1.82, 2.24) is 0 Å². The van der Waals surface area contributed by atoms with Gasteiger partial charge in [0, 0.05) is 23.8 Å². The Labute approximate surface area is 181 Å². The van der Waals surface area contributed by atoms with Crippen molar-refractivity contribution in [2.24, 2.45) is 0 Å². The third kappa shape index (κ3) is 5.30. The first-order chi connectivity index (χ1) is 13.6. The highest BCUT2D eigenvalue weighted by Gasteiger charge is 2.17. The third-order valence-corrected chi connectivity index (χ3v) is 5.66. The average Bonchev–Trinajstić information content (AvgIpc) is 2.72. The molecule has 1 aliphatic rings. The maximum absolute atomic E-state index is 6.31. The summed E-state index contributed by atoms with van der Waals surface area (Å²) in [4.78, 5) is 4.24. The molecule has 0 saturated heterocycles. The predicted molar refractivity (Wildman–Crippen MR) is 124 cm³/mol. The Bertz CT molecular complexity index is 886. The highest BCUT2D eigenvalue weighted by molar-refractivity contribution is 9.11. The van der Waals surface area contributed by atoms with Crippen LogP contribution < -0.4 is 9.64 Å². The molecule has 0 saturated carbocycles. The van der Waals surface area contributed by atoms with Crippen molar-refractivity contribution < 1.29 is 4.74 Å². The van der Waals surface area contributed by atoms with E-state index >= 15 is 0 Å². The number of ether oxygens (including phenoxy) is 1. The number of hydrogen-bond acceptors (Lipinski definition) is 2. The van der Waals surface area contributed by atoms with E-state index in [0.717, 1.165) is 37.3 Å². The zero-order valence-corrected chi connectivity index (χ0v) is 18.5. The molecule has 3 rings (SSSR count). The van der Waals surface area contributed by atoms with Gasteiger partial charge in [0.15, 0.2) is 0 Å². The van der Waals surface area contributed by atoms with Gasteiger partial charge in [0.2, 0.25) is 0 Å². The molecule has 0 unspecified atom stereocenters. The molecule has 0 aliphatic carbocycles. The van der Waals surface area contributed by atoms with Gasteiger partial charge in [-0.25, -0.2) is 0 Å². The number of halogens is 2. The third-order valence-electron chi connectivity index (χ3n) is 4.96. The molecule has 0 fully saturated rings. The van der Waals surface area contributed by atoms with Crippen molar-refractivity contribution in [2.45, 2.75) is 25.8 Å². The normalized spacial score (nSPS) is 14.2. The molecule has 0 bridgehead atoms. The van der Waals surface area contributed by atoms with E-state index < -0.39 is 0 Å². The molecule has 0 radical (unpaired) electrons. The summed E-state index contributed by atoms with van der Waals surface area (Å²) in [5.41, 5.74) is 6.22. The first-order valence-electron chi connectivity index (χ1n) is 9.41. The second-order valence-electron chi connectivity index (χ2n) is 6.95. The lowest BCUT2D eigenvalue weighted by molar-refractivity contribution is 0.414. The van der Waals surface area contributed by atoms with Gasteiger partial charge in [0.25, 0.3) is 0 Å². The van der Waals surface area contributed by atoms with Crippen LogP contribution >= 0.6 is 27.5 Å². The summed E-state index contributed by atoms with van der Waals surface area (Å²) in [7, 11) is 1.70. The fourth-order valence-corrected chi connectivity index (χ4v) is 3.82. The van der Waals surface area contributed by atoms with Gasteiger partial charge >= 0.3 is 0 Å². The minimum atomic E-state index is 0.689. The van der Waals surface area contributed by atoms with Crippen molar-refractivity contribution in [3.05, 3.63) is 93.5 Å². The zero-order valence-electron chi connectivity index (χ0n) is 16.1. The van der Waals surface area contributed by atoms with Gasteiger partial charge in [-0.3, -0.25) is 0 Å². The van der Waals surface area contributed by atoms with Crippen LogP contribution in [0.25, 0.3) is 0 Å². The standard InChI is InChI=1S/C24H25BrClNO/c1-18(23(26)6-3-13-25)15-20-9-12-24-21(16-20)5-4-14-27(24)17-19-7-10-22(28-2)11-8-19/h3,6-13,16H,1,4-5,14-15,17H2,2H3/b13-3+,23-6+. The number of methoxy groups -OCH3 is 1. The van der Waals surface area contributed by atoms with Crippen LogP contribution in [0.3, 0.4) is 0 Å². The van der Waals surface area contributed by atoms with E-state index in [0.29, 0.717) is 5.03 Å². The highest BCUT2D eigenvalue weighted by Crippen LogP contribution is 2.31. The van der Waals surface area contributed by atoms with E-state index in [4.69, 9.17) is 16.3 Å². The number of aryl methyl sites for hydroxylation is 1. The molecule has 2 aromatic carbocycles. The summed E-state index contributed by atoms with van der Waals surface area (Å²) >= 11 is 9.56. The lowest BCUT2D eigenvalue weighted by Crippen LogP contribution is -2.28. The monoisotopic (exact) mass is 457 g/mol. The Kier molecular flexibility index (Phi) is 7.41. The number of hydrogen-bond donors (Lipinski definition) is 0. The zero-order chi connectivity index (χ0) is 19.9. The minimum absolute atomic E-state index is 0.689. The number of fused-ring (bicyclic) bond motifs is 1. The van der Waals surface area contributed by atoms with Crippen molar-refractivity contribution >= 4 is 33.2 Å². The Morgan fingerprint density at radius 2 is 1.96 bits per heavy atom. The molecule has 4 heteroatoms. The van der Waals surface area contributed by atoms with Crippen LogP contribution in [0, 0.1) is 0 Å². The molecular formula is C24H25BrClNO. The van der Waals surface area contributed by atoms with Crippen LogP contribution in [0.15, 0.2) is 76.8 Å². The molecule has 2 nitrogen and oxygen atoms in total. The molecule has 1 aliphatic heterocycles. The Morgan fingerprint density at radius 3 is 2.68 bits per heavy atom. The maximum atomic E-state index is 6.31. The quantitative estimate of drug-likeness (QED) is 0.424. The van der Waals surface area contributed by atoms with E-state index in [1.54, 1.807) is 12.1 Å². The number of benzene rings is 2. The number of nitrogens with zero attached hydrogens (tertiary/aromatic N) is 1. The van der Waals surface area contributed by atoms with E-state index in [1.165, 1.54) is 28.8 Å². The van der Waals surface area contributed by atoms with Crippen LogP contribution in [0.5, 0.6) is 5.75 Å². The van der Waals surface area contributed by atoms with E-state index in [1.807, 2.05) is 24.3 Å². The number of allylic oxidation sites excluding steroid dienone is 4. The second kappa shape index (κ2) is 9.99. The van der Waals surface area contributed by atoms with Crippen molar-refractivity contribution in [3.8, 4) is 5.75 Å². The van der Waals surface area contributed by atoms with Gasteiger partial charge in [-0.2, -0.15) is 0 Å². The maximum Gasteiger partial charge on any atom is 0.118 e. The Morgan fingerprint density at radius 1 is 1.21 bits per heavy atom. The molecule has 0 atom stereocenters. The summed E-state index contributed by atoms with van der Waals surface area (Å²) in [6.07, 6.45) is 6.76.